The van der Waals surface area contributed by atoms with E-state index in [1.165, 1.54) is 62.5 Å². The molecule has 0 bridgehead atoms. The van der Waals surface area contributed by atoms with Crippen molar-refractivity contribution in [1.29, 1.82) is 0 Å². The zero-order chi connectivity index (χ0) is 69.3. The van der Waals surface area contributed by atoms with Crippen LogP contribution in [0.3, 0.4) is 0 Å². The maximum Gasteiger partial charge on any atom is 0.393 e. The number of carbonyl (C=O) groups excluding carboxylic acids is 11. The largest absolute Gasteiger partial charge is 0.393 e. The van der Waals surface area contributed by atoms with Crippen LogP contribution in [-0.2, 0) is 52.7 Å². The minimum absolute atomic E-state index is 0.0182. The van der Waals surface area contributed by atoms with Gasteiger partial charge in [-0.2, -0.15) is 13.2 Å². The molecule has 0 radical (unpaired) electrons. The number of alkyl halides is 4. The maximum atomic E-state index is 15.1. The number of halogens is 4. The highest BCUT2D eigenvalue weighted by Gasteiger charge is 2.52. The van der Waals surface area contributed by atoms with Crippen LogP contribution in [0.4, 0.5) is 13.2 Å². The predicted molar refractivity (Wildman–Crippen MR) is 348 cm³/mol. The van der Waals surface area contributed by atoms with Gasteiger partial charge in [-0.3, -0.25) is 52.7 Å². The van der Waals surface area contributed by atoms with Gasteiger partial charge in [0.15, 0.2) is 0 Å². The van der Waals surface area contributed by atoms with Crippen molar-refractivity contribution in [3.8, 4) is 0 Å². The van der Waals surface area contributed by atoms with E-state index in [1.54, 1.807) is 34.7 Å². The summed E-state index contributed by atoms with van der Waals surface area (Å²) in [4.78, 5) is 172. The Hall–Kier alpha value is -5.75. The molecule has 4 N–H and O–H groups in total. The number of nitrogens with one attached hydrogen (secondary N) is 4. The Kier molecular flexibility index (Phi) is 26.5. The Morgan fingerprint density at radius 2 is 1.22 bits per heavy atom. The van der Waals surface area contributed by atoms with Gasteiger partial charge in [0.25, 0.3) is 0 Å². The molecule has 0 aromatic heterocycles. The zero-order valence-corrected chi connectivity index (χ0v) is 58.4. The second-order valence-corrected chi connectivity index (χ2v) is 29.9. The van der Waals surface area contributed by atoms with Gasteiger partial charge in [-0.25, -0.2) is 0 Å². The highest BCUT2D eigenvalue weighted by Crippen LogP contribution is 2.44. The highest BCUT2D eigenvalue weighted by molar-refractivity contribution is 6.20. The molecular formula is C68H109ClF3N11O11. The lowest BCUT2D eigenvalue weighted by Gasteiger charge is -2.45. The van der Waals surface area contributed by atoms with Crippen molar-refractivity contribution in [2.75, 3.05) is 54.9 Å². The van der Waals surface area contributed by atoms with Crippen LogP contribution < -0.4 is 21.3 Å². The quantitative estimate of drug-likeness (QED) is 0.187. The summed E-state index contributed by atoms with van der Waals surface area (Å²) in [6.07, 6.45) is 7.01. The number of carbonyl (C=O) groups is 11. The van der Waals surface area contributed by atoms with Crippen molar-refractivity contribution in [3.05, 3.63) is 0 Å². The van der Waals surface area contributed by atoms with Crippen molar-refractivity contribution >= 4 is 76.6 Å². The van der Waals surface area contributed by atoms with Crippen LogP contribution in [0.1, 0.15) is 202 Å². The Morgan fingerprint density at radius 1 is 0.596 bits per heavy atom. The molecule has 0 aromatic rings. The van der Waals surface area contributed by atoms with Crippen LogP contribution in [0, 0.1) is 35.5 Å². The van der Waals surface area contributed by atoms with Gasteiger partial charge in [-0.1, -0.05) is 98.3 Å². The molecule has 3 saturated heterocycles. The zero-order valence-electron chi connectivity index (χ0n) is 57.7. The molecule has 3 unspecified atom stereocenters. The number of rotatable bonds is 9. The van der Waals surface area contributed by atoms with Crippen molar-refractivity contribution in [2.24, 2.45) is 35.5 Å². The first kappa shape index (κ1) is 75.6. The fraction of sp³-hybridized carbons (Fsp3) is 0.838. The predicted octanol–water partition coefficient (Wildman–Crippen LogP) is 6.29. The number of fused-ring (bicyclic) bond motifs is 2. The van der Waals surface area contributed by atoms with Crippen molar-refractivity contribution in [1.82, 2.24) is 55.6 Å². The van der Waals surface area contributed by atoms with Gasteiger partial charge in [0, 0.05) is 66.2 Å². The summed E-state index contributed by atoms with van der Waals surface area (Å²) < 4.78 is 41.8. The van der Waals surface area contributed by atoms with Gasteiger partial charge < -0.3 is 55.6 Å². The lowest BCUT2D eigenvalue weighted by Crippen LogP contribution is -2.65. The first-order valence-corrected chi connectivity index (χ1v) is 35.6. The minimum atomic E-state index is -4.49. The summed E-state index contributed by atoms with van der Waals surface area (Å²) >= 11 is 6.38. The van der Waals surface area contributed by atoms with E-state index in [2.05, 4.69) is 21.3 Å². The van der Waals surface area contributed by atoms with Gasteiger partial charge in [0.2, 0.25) is 65.0 Å². The first-order chi connectivity index (χ1) is 44.3. The number of hydrogen-bond acceptors (Lipinski definition) is 11. The van der Waals surface area contributed by atoms with Crippen LogP contribution in [-0.4, -0.2) is 226 Å². The lowest BCUT2D eigenvalue weighted by atomic mass is 9.78. The monoisotopic (exact) mass is 1350 g/mol. The van der Waals surface area contributed by atoms with E-state index >= 15 is 9.59 Å². The van der Waals surface area contributed by atoms with E-state index in [9.17, 15) is 56.3 Å². The molecule has 3 aliphatic heterocycles. The molecule has 26 heteroatoms. The Bertz CT molecular complexity index is 2730. The van der Waals surface area contributed by atoms with Gasteiger partial charge >= 0.3 is 6.18 Å². The minimum Gasteiger partial charge on any atom is -0.351 e. The second kappa shape index (κ2) is 33.0. The van der Waals surface area contributed by atoms with Crippen LogP contribution in [0.15, 0.2) is 0 Å². The molecule has 1 spiro atoms. The average Bonchev–Trinajstić information content (AvgIpc) is 1.58. The van der Waals surface area contributed by atoms with Gasteiger partial charge in [0.1, 0.15) is 53.9 Å². The van der Waals surface area contributed by atoms with Gasteiger partial charge in [0.05, 0.1) is 12.5 Å². The van der Waals surface area contributed by atoms with E-state index in [0.717, 1.165) is 51.4 Å². The van der Waals surface area contributed by atoms with E-state index < -0.39 is 161 Å². The van der Waals surface area contributed by atoms with Crippen LogP contribution in [0.2, 0.25) is 0 Å². The smallest absolute Gasteiger partial charge is 0.351 e. The molecule has 530 valence electrons. The fourth-order valence-corrected chi connectivity index (χ4v) is 16.7. The van der Waals surface area contributed by atoms with Crippen LogP contribution in [0.5, 0.6) is 0 Å². The molecule has 7 rings (SSSR count). The Balaban J connectivity index is 1.22. The number of nitrogens with zero attached hydrogens (tertiary/aromatic N) is 7. The second-order valence-electron chi connectivity index (χ2n) is 29.3. The van der Waals surface area contributed by atoms with Gasteiger partial charge in [-0.05, 0) is 127 Å². The highest BCUT2D eigenvalue weighted by atomic mass is 35.5. The molecule has 13 atom stereocenters. The summed E-state index contributed by atoms with van der Waals surface area (Å²) in [7, 11) is 7.46. The average molecular weight is 1350 g/mol. The van der Waals surface area contributed by atoms with E-state index in [0.29, 0.717) is 38.5 Å². The molecule has 3 heterocycles. The molecule has 4 saturated carbocycles. The third-order valence-corrected chi connectivity index (χ3v) is 22.8. The number of amides is 11. The molecule has 7 aliphatic rings. The first-order valence-electron chi connectivity index (χ1n) is 35.2. The van der Waals surface area contributed by atoms with Crippen molar-refractivity contribution in [2.45, 2.75) is 274 Å². The summed E-state index contributed by atoms with van der Waals surface area (Å²) in [5, 5.41) is 10.7. The van der Waals surface area contributed by atoms with Crippen LogP contribution >= 0.6 is 11.6 Å². The molecule has 0 aromatic carbocycles. The SMILES string of the molecule is CC[C@H](C)[C@@H]1NC(=O)[C@H](C2CCCCC2)N(C)C(=O)C[C@@H](C)NC(=O)[C@H](C(C)C)N(C)C(=O)C2(CCCC2)NC(=O)[C@@H]2CCCN2C(=O)[C@H](CCC2CCC(C(F)(F)F)C(Cl)C2)NC(=O)CN(C)C(=O)[C@H](CC2CCCCC2)N(C)C(=O)[C@@H]2CCN2C(=O)[C@H](C)N(C)C1=O. The van der Waals surface area contributed by atoms with E-state index in [1.807, 2.05) is 13.8 Å². The lowest BCUT2D eigenvalue weighted by molar-refractivity contribution is -0.182. The van der Waals surface area contributed by atoms with Crippen molar-refractivity contribution in [3.63, 3.8) is 0 Å². The van der Waals surface area contributed by atoms with Crippen molar-refractivity contribution < 1.29 is 65.9 Å². The van der Waals surface area contributed by atoms with Crippen LogP contribution in [0.25, 0.3) is 0 Å². The third kappa shape index (κ3) is 17.9. The molecule has 7 fully saturated rings. The molecular weight excluding hydrogens is 1240 g/mol. The number of likely N-dealkylation sites (N-methyl/N-ethyl adjacent to an activating group) is 5. The standard InChI is InChI=1S/C68H109ClF3N11O11/c1-12-41(4)55-65(93)78(8)43(6)61(89)83-35-31-51(83)64(92)79(9)52(38-44-22-15-13-16-23-44)63(91)77(7)39-53(84)74-49(30-28-45-27-29-47(48(69)37-45)68(70,71)72)62(90)82-34-21-26-50(82)58(86)76-67(32-19-20-33-67)66(94)81(11)56(40(2)3)59(87)73-42(5)36-54(85)80(10)57(60(88)75-55)46-24-17-14-18-25-46/h40-52,55-57H,12-39H2,1-11H3,(H,73,87)(H,74,84)(H,75,88)(H,76,86)/t41-,42+,43-,45?,47?,48?,49-,50-,51-,52-,55-,56-,57-/m0/s1. The van der Waals surface area contributed by atoms with E-state index in [4.69, 9.17) is 11.6 Å². The molecule has 94 heavy (non-hydrogen) atoms. The van der Waals surface area contributed by atoms with E-state index in [-0.39, 0.29) is 101 Å². The Morgan fingerprint density at radius 3 is 1.81 bits per heavy atom. The third-order valence-electron chi connectivity index (χ3n) is 22.3. The molecule has 11 amide bonds. The Labute approximate surface area is 559 Å². The normalized spacial score (nSPS) is 32.3. The topological polar surface area (TPSA) is 259 Å². The summed E-state index contributed by atoms with van der Waals surface area (Å²) in [5.41, 5.74) is -1.47. The molecule has 4 aliphatic carbocycles. The summed E-state index contributed by atoms with van der Waals surface area (Å²) in [6, 6.07) is -9.57. The summed E-state index contributed by atoms with van der Waals surface area (Å²) in [5.74, 6) is -9.28. The number of hydrogen-bond donors (Lipinski definition) is 4. The maximum absolute atomic E-state index is 15.1. The fourth-order valence-electron chi connectivity index (χ4n) is 16.2. The van der Waals surface area contributed by atoms with Gasteiger partial charge in [-0.15, -0.1) is 11.6 Å². The molecule has 22 nitrogen and oxygen atoms in total. The summed E-state index contributed by atoms with van der Waals surface area (Å²) in [6.45, 7) is 10.2.